The predicted octanol–water partition coefficient (Wildman–Crippen LogP) is 3.01. The van der Waals surface area contributed by atoms with E-state index in [0.29, 0.717) is 17.1 Å². The molecular weight excluding hydrogens is 412 g/mol. The molecule has 1 spiro atoms. The number of carbonyl (C=O) groups excluding carboxylic acids is 1. The lowest BCUT2D eigenvalue weighted by molar-refractivity contribution is -0.122. The molecule has 1 saturated heterocycles. The molecule has 4 rings (SSSR count). The Balaban J connectivity index is 1.33. The molecule has 2 aliphatic heterocycles. The molecule has 1 atom stereocenters. The Labute approximate surface area is 183 Å². The maximum atomic E-state index is 12.8. The second-order valence-electron chi connectivity index (χ2n) is 8.05. The summed E-state index contributed by atoms with van der Waals surface area (Å²) in [5.41, 5.74) is 1.84. The van der Waals surface area contributed by atoms with Gasteiger partial charge in [0.25, 0.3) is 0 Å². The van der Waals surface area contributed by atoms with Crippen LogP contribution in [0.4, 0.5) is 5.69 Å². The Morgan fingerprint density at radius 3 is 2.58 bits per heavy atom. The van der Waals surface area contributed by atoms with Gasteiger partial charge in [0.05, 0.1) is 26.8 Å². The van der Waals surface area contributed by atoms with E-state index in [1.807, 2.05) is 24.3 Å². The number of carbonyl (C=O) groups is 1. The van der Waals surface area contributed by atoms with Crippen molar-refractivity contribution < 1.29 is 13.7 Å². The van der Waals surface area contributed by atoms with Gasteiger partial charge in [-0.05, 0) is 74.0 Å². The minimum atomic E-state index is -2.33. The molecule has 1 amide bonds. The molecular formula is C23H26N4O3S. The minimum absolute atomic E-state index is 0.0416. The third-order valence-corrected chi connectivity index (χ3v) is 8.19. The summed E-state index contributed by atoms with van der Waals surface area (Å²) in [6.07, 6.45) is 3.07. The van der Waals surface area contributed by atoms with Gasteiger partial charge < -0.3 is 10.1 Å². The maximum Gasteiger partial charge on any atom is 0.235 e. The number of piperidine rings is 1. The quantitative estimate of drug-likeness (QED) is 0.774. The summed E-state index contributed by atoms with van der Waals surface area (Å²) in [4.78, 5) is 15.8. The van der Waals surface area contributed by atoms with E-state index in [4.69, 9.17) is 4.74 Å². The van der Waals surface area contributed by atoms with E-state index in [0.717, 1.165) is 49.5 Å². The lowest BCUT2D eigenvalue weighted by atomic mass is 9.73. The minimum Gasteiger partial charge on any atom is -0.492 e. The molecule has 2 aromatic rings. The molecule has 2 aliphatic rings. The van der Waals surface area contributed by atoms with Crippen LogP contribution < -0.4 is 10.1 Å². The molecule has 1 fully saturated rings. The highest BCUT2D eigenvalue weighted by Gasteiger charge is 2.48. The van der Waals surface area contributed by atoms with E-state index in [-0.39, 0.29) is 5.91 Å². The molecule has 7 nitrogen and oxygen atoms in total. The number of nitriles is 1. The number of likely N-dealkylation sites (tertiary alicyclic amines) is 1. The molecule has 162 valence electrons. The van der Waals surface area contributed by atoms with Crippen molar-refractivity contribution in [3.05, 3.63) is 53.6 Å². The Hall–Kier alpha value is -2.89. The number of rotatable bonds is 5. The van der Waals surface area contributed by atoms with Crippen LogP contribution in [0.1, 0.15) is 24.0 Å². The Kier molecular flexibility index (Phi) is 5.73. The molecule has 0 radical (unpaired) electrons. The van der Waals surface area contributed by atoms with E-state index in [2.05, 4.69) is 20.6 Å². The van der Waals surface area contributed by atoms with E-state index in [9.17, 15) is 14.3 Å². The Morgan fingerprint density at radius 2 is 1.94 bits per heavy atom. The fourth-order valence-corrected chi connectivity index (χ4v) is 5.18. The van der Waals surface area contributed by atoms with Crippen molar-refractivity contribution >= 4 is 21.3 Å². The maximum absolute atomic E-state index is 12.8. The summed E-state index contributed by atoms with van der Waals surface area (Å²) >= 11 is 0. The van der Waals surface area contributed by atoms with Crippen molar-refractivity contribution in [3.8, 4) is 11.8 Å². The summed E-state index contributed by atoms with van der Waals surface area (Å²) in [5, 5.41) is 12.2. The fraction of sp³-hybridized carbons (Fsp3) is 0.391. The average molecular weight is 439 g/mol. The molecule has 8 heteroatoms. The normalized spacial score (nSPS) is 19.2. The van der Waals surface area contributed by atoms with Gasteiger partial charge in [-0.1, -0.05) is 0 Å². The van der Waals surface area contributed by atoms with E-state index in [1.54, 1.807) is 31.5 Å². The van der Waals surface area contributed by atoms with Crippen LogP contribution in [0.2, 0.25) is 0 Å². The first-order valence-corrected chi connectivity index (χ1v) is 12.2. The van der Waals surface area contributed by atoms with Crippen LogP contribution in [-0.4, -0.2) is 54.6 Å². The second kappa shape index (κ2) is 8.33. The largest absolute Gasteiger partial charge is 0.492 e. The summed E-state index contributed by atoms with van der Waals surface area (Å²) in [6.45, 7) is 2.89. The number of amides is 1. The van der Waals surface area contributed by atoms with E-state index < -0.39 is 15.1 Å². The second-order valence-corrected chi connectivity index (χ2v) is 10.5. The first kappa shape index (κ1) is 21.3. The van der Waals surface area contributed by atoms with Crippen molar-refractivity contribution in [1.82, 2.24) is 4.90 Å². The zero-order valence-electron chi connectivity index (χ0n) is 17.8. The third-order valence-electron chi connectivity index (χ3n) is 6.34. The highest BCUT2D eigenvalue weighted by atomic mass is 32.2. The number of nitrogens with one attached hydrogen (secondary N) is 1. The standard InChI is InChI=1S/C23H26N4O3S/c1-25-31(2,29)19-6-4-18(5-7-19)30-14-13-27-11-9-23(10-12-27)20-15-17(16-24)3-8-21(20)26-22(23)28/h3-8,15H,9-14H2,1-2H3,(H,26,28)/t31-/m0/s1. The van der Waals surface area contributed by atoms with Crippen molar-refractivity contribution in [2.24, 2.45) is 4.36 Å². The average Bonchev–Trinajstić information content (AvgIpc) is 3.06. The van der Waals surface area contributed by atoms with Crippen LogP contribution in [-0.2, 0) is 19.9 Å². The SMILES string of the molecule is CN=[S@@](C)(=O)c1ccc(OCCN2CCC3(CC2)C(=O)Nc2ccc(C#N)cc23)cc1. The molecule has 2 heterocycles. The highest BCUT2D eigenvalue weighted by Crippen LogP contribution is 2.45. The summed E-state index contributed by atoms with van der Waals surface area (Å²) in [5.74, 6) is 0.775. The van der Waals surface area contributed by atoms with Gasteiger partial charge in [-0.2, -0.15) is 5.26 Å². The number of ether oxygens (including phenoxy) is 1. The van der Waals surface area contributed by atoms with Gasteiger partial charge in [0.1, 0.15) is 12.4 Å². The summed E-state index contributed by atoms with van der Waals surface area (Å²) < 4.78 is 22.1. The van der Waals surface area contributed by atoms with E-state index in [1.165, 1.54) is 0 Å². The van der Waals surface area contributed by atoms with Gasteiger partial charge in [0, 0.05) is 30.4 Å². The first-order chi connectivity index (χ1) is 14.9. The smallest absolute Gasteiger partial charge is 0.235 e. The summed E-state index contributed by atoms with van der Waals surface area (Å²) in [7, 11) is -0.772. The monoisotopic (exact) mass is 438 g/mol. The van der Waals surface area contributed by atoms with Gasteiger partial charge in [0.2, 0.25) is 5.91 Å². The van der Waals surface area contributed by atoms with Crippen LogP contribution in [0.3, 0.4) is 0 Å². The predicted molar refractivity (Wildman–Crippen MR) is 120 cm³/mol. The van der Waals surface area contributed by atoms with Crippen LogP contribution in [0.25, 0.3) is 0 Å². The van der Waals surface area contributed by atoms with Crippen molar-refractivity contribution in [2.45, 2.75) is 23.2 Å². The van der Waals surface area contributed by atoms with Crippen molar-refractivity contribution in [1.29, 1.82) is 5.26 Å². The summed E-state index contributed by atoms with van der Waals surface area (Å²) in [6, 6.07) is 14.8. The molecule has 0 bridgehead atoms. The number of benzene rings is 2. The molecule has 1 N–H and O–H groups in total. The molecule has 31 heavy (non-hydrogen) atoms. The Morgan fingerprint density at radius 1 is 1.23 bits per heavy atom. The molecule has 2 aromatic carbocycles. The number of hydrogen-bond donors (Lipinski definition) is 1. The Bertz CT molecular complexity index is 1150. The van der Waals surface area contributed by atoms with Gasteiger partial charge >= 0.3 is 0 Å². The topological polar surface area (TPSA) is 94.8 Å². The number of hydrogen-bond acceptors (Lipinski definition) is 6. The molecule has 0 unspecified atom stereocenters. The van der Waals surface area contributed by atoms with Gasteiger partial charge in [-0.15, -0.1) is 0 Å². The van der Waals surface area contributed by atoms with Crippen molar-refractivity contribution in [3.63, 3.8) is 0 Å². The van der Waals surface area contributed by atoms with Crippen LogP contribution >= 0.6 is 0 Å². The zero-order valence-corrected chi connectivity index (χ0v) is 18.6. The van der Waals surface area contributed by atoms with Crippen LogP contribution in [0, 0.1) is 11.3 Å². The lowest BCUT2D eigenvalue weighted by Gasteiger charge is -2.37. The number of fused-ring (bicyclic) bond motifs is 2. The van der Waals surface area contributed by atoms with Gasteiger partial charge in [-0.3, -0.25) is 9.69 Å². The first-order valence-electron chi connectivity index (χ1n) is 10.3. The third kappa shape index (κ3) is 4.03. The highest BCUT2D eigenvalue weighted by molar-refractivity contribution is 7.93. The fourth-order valence-electron chi connectivity index (χ4n) is 4.32. The number of nitrogens with zero attached hydrogens (tertiary/aromatic N) is 3. The van der Waals surface area contributed by atoms with E-state index >= 15 is 0 Å². The number of anilines is 1. The van der Waals surface area contributed by atoms with Crippen molar-refractivity contribution in [2.75, 3.05) is 44.9 Å². The zero-order chi connectivity index (χ0) is 22.1. The molecule has 0 aromatic heterocycles. The van der Waals surface area contributed by atoms with Gasteiger partial charge in [0.15, 0.2) is 0 Å². The van der Waals surface area contributed by atoms with Crippen LogP contribution in [0.15, 0.2) is 51.7 Å². The van der Waals surface area contributed by atoms with Gasteiger partial charge in [-0.25, -0.2) is 8.57 Å². The van der Waals surface area contributed by atoms with Crippen LogP contribution in [0.5, 0.6) is 5.75 Å². The lowest BCUT2D eigenvalue weighted by Crippen LogP contribution is -2.47. The molecule has 0 saturated carbocycles. The molecule has 0 aliphatic carbocycles.